The first kappa shape index (κ1) is 34.1. The molecule has 1 heterocycles. The number of para-hydroxylation sites is 1. The van der Waals surface area contributed by atoms with Gasteiger partial charge in [0.05, 0.1) is 25.4 Å². The van der Waals surface area contributed by atoms with Crippen LogP contribution in [0.15, 0.2) is 72.8 Å². The summed E-state index contributed by atoms with van der Waals surface area (Å²) in [6, 6.07) is 22.0. The molecular weight excluding hydrogens is 610 g/mol. The molecule has 1 aliphatic carbocycles. The smallest absolute Gasteiger partial charge is 0.246 e. The van der Waals surface area contributed by atoms with E-state index in [-0.39, 0.29) is 50.1 Å². The number of hydrogen-bond donors (Lipinski definition) is 5. The van der Waals surface area contributed by atoms with Crippen molar-refractivity contribution in [2.75, 3.05) is 23.3 Å². The highest BCUT2D eigenvalue weighted by molar-refractivity contribution is 6.13. The number of carbonyl (C=O) groups is 5. The molecule has 0 radical (unpaired) electrons. The zero-order valence-electron chi connectivity index (χ0n) is 27.0. The average molecular weight is 652 g/mol. The first-order chi connectivity index (χ1) is 23.2. The van der Waals surface area contributed by atoms with Crippen molar-refractivity contribution in [1.82, 2.24) is 16.0 Å². The van der Waals surface area contributed by atoms with E-state index in [0.29, 0.717) is 37.2 Å². The normalized spacial score (nSPS) is 13.5. The Bertz CT molecular complexity index is 1720. The molecule has 0 saturated carbocycles. The van der Waals surface area contributed by atoms with Crippen LogP contribution in [0, 0.1) is 0 Å². The van der Waals surface area contributed by atoms with Crippen LogP contribution in [-0.4, -0.2) is 53.8 Å². The van der Waals surface area contributed by atoms with Gasteiger partial charge < -0.3 is 31.3 Å². The third kappa shape index (κ3) is 8.95. The minimum Gasteiger partial charge on any atom is -0.392 e. The van der Waals surface area contributed by atoms with E-state index < -0.39 is 17.9 Å². The van der Waals surface area contributed by atoms with Crippen molar-refractivity contribution >= 4 is 52.1 Å². The van der Waals surface area contributed by atoms with Gasteiger partial charge in [-0.2, -0.15) is 0 Å². The van der Waals surface area contributed by atoms with Crippen molar-refractivity contribution in [2.24, 2.45) is 0 Å². The number of nitrogens with one attached hydrogen (secondary N) is 4. The van der Waals surface area contributed by atoms with Gasteiger partial charge in [0.15, 0.2) is 0 Å². The van der Waals surface area contributed by atoms with Gasteiger partial charge in [0.1, 0.15) is 6.04 Å². The number of allylic oxidation sites excluding steroid dienone is 2. The van der Waals surface area contributed by atoms with E-state index in [1.807, 2.05) is 30.3 Å². The lowest BCUT2D eigenvalue weighted by Crippen LogP contribution is -2.45. The Kier molecular flexibility index (Phi) is 11.4. The summed E-state index contributed by atoms with van der Waals surface area (Å²) in [7, 11) is 0. The van der Waals surface area contributed by atoms with Crippen LogP contribution < -0.4 is 26.2 Å². The van der Waals surface area contributed by atoms with Gasteiger partial charge in [0.25, 0.3) is 0 Å². The molecule has 5 rings (SSSR count). The second kappa shape index (κ2) is 16.0. The zero-order valence-corrected chi connectivity index (χ0v) is 27.0. The number of anilines is 2. The molecule has 2 aliphatic rings. The lowest BCUT2D eigenvalue weighted by atomic mass is 10.0. The SMILES string of the molecule is C[C@H](NC(=O)CNC(=O)CCCCNC(=O)CCC(=O)N1Cc2ccccc2C2=C(C2)c2ccccc21)C(=O)Nc1ccc(CO)cc1. The third-order valence-corrected chi connectivity index (χ3v) is 8.42. The lowest BCUT2D eigenvalue weighted by molar-refractivity contribution is -0.128. The fourth-order valence-corrected chi connectivity index (χ4v) is 5.69. The number of carbonyl (C=O) groups excluding carboxylic acids is 5. The molecule has 3 aromatic carbocycles. The zero-order chi connectivity index (χ0) is 34.0. The van der Waals surface area contributed by atoms with Crippen LogP contribution in [0.1, 0.15) is 67.7 Å². The Morgan fingerprint density at radius 1 is 0.771 bits per heavy atom. The van der Waals surface area contributed by atoms with Crippen molar-refractivity contribution in [1.29, 1.82) is 0 Å². The van der Waals surface area contributed by atoms with Crippen LogP contribution in [0.5, 0.6) is 0 Å². The third-order valence-electron chi connectivity index (χ3n) is 8.42. The minimum atomic E-state index is -0.823. The van der Waals surface area contributed by atoms with Gasteiger partial charge in [-0.05, 0) is 72.2 Å². The molecule has 11 nitrogen and oxygen atoms in total. The summed E-state index contributed by atoms with van der Waals surface area (Å²) in [6.45, 7) is 1.99. The Balaban J connectivity index is 0.965. The molecule has 1 aliphatic heterocycles. The maximum Gasteiger partial charge on any atom is 0.246 e. The molecule has 0 saturated heterocycles. The predicted molar refractivity (Wildman–Crippen MR) is 183 cm³/mol. The number of rotatable bonds is 14. The van der Waals surface area contributed by atoms with Crippen LogP contribution in [0.3, 0.4) is 0 Å². The minimum absolute atomic E-state index is 0.0646. The summed E-state index contributed by atoms with van der Waals surface area (Å²) in [6.07, 6.45) is 2.30. The maximum atomic E-state index is 13.4. The molecule has 0 bridgehead atoms. The van der Waals surface area contributed by atoms with Gasteiger partial charge in [-0.15, -0.1) is 0 Å². The molecule has 11 heteroatoms. The van der Waals surface area contributed by atoms with E-state index in [1.165, 1.54) is 23.6 Å². The molecule has 48 heavy (non-hydrogen) atoms. The molecular formula is C37H41N5O6. The molecule has 5 N–H and O–H groups in total. The van der Waals surface area contributed by atoms with Gasteiger partial charge in [-0.1, -0.05) is 54.6 Å². The van der Waals surface area contributed by atoms with E-state index >= 15 is 0 Å². The molecule has 250 valence electrons. The molecule has 0 unspecified atom stereocenters. The standard InChI is InChI=1S/C37H41N5O6/c1-24(37(48)41-27-15-13-25(23-43)14-16-27)40-35(46)21-39-33(44)12-6-7-19-38-34(45)17-18-36(47)42-22-26-8-2-3-9-28(26)30-20-31(30)29-10-4-5-11-32(29)42/h2-5,8-11,13-16,24,43H,6-7,12,17-23H2,1H3,(H,38,45)(H,39,44)(H,40,46)(H,41,48)/t24-/m0/s1. The van der Waals surface area contributed by atoms with E-state index in [1.54, 1.807) is 29.2 Å². The van der Waals surface area contributed by atoms with E-state index in [9.17, 15) is 24.0 Å². The van der Waals surface area contributed by atoms with Gasteiger partial charge >= 0.3 is 0 Å². The highest BCUT2D eigenvalue weighted by Gasteiger charge is 2.33. The Morgan fingerprint density at radius 3 is 2.23 bits per heavy atom. The number of aliphatic hydroxyl groups is 1. The van der Waals surface area contributed by atoms with Crippen molar-refractivity contribution in [3.63, 3.8) is 0 Å². The first-order valence-electron chi connectivity index (χ1n) is 16.3. The first-order valence-corrected chi connectivity index (χ1v) is 16.3. The molecule has 5 amide bonds. The summed E-state index contributed by atoms with van der Waals surface area (Å²) >= 11 is 0. The largest absolute Gasteiger partial charge is 0.392 e. The molecule has 0 aromatic heterocycles. The van der Waals surface area contributed by atoms with Crippen molar-refractivity contribution < 1.29 is 29.1 Å². The van der Waals surface area contributed by atoms with Gasteiger partial charge in [-0.3, -0.25) is 24.0 Å². The van der Waals surface area contributed by atoms with Crippen LogP contribution in [0.25, 0.3) is 11.1 Å². The Hall–Kier alpha value is -5.29. The fourth-order valence-electron chi connectivity index (χ4n) is 5.69. The summed E-state index contributed by atoms with van der Waals surface area (Å²) < 4.78 is 0. The van der Waals surface area contributed by atoms with Crippen LogP contribution in [0.2, 0.25) is 0 Å². The number of fused-ring (bicyclic) bond motifs is 4. The van der Waals surface area contributed by atoms with Gasteiger partial charge in [0, 0.05) is 37.1 Å². The fraction of sp³-hybridized carbons (Fsp3) is 0.324. The van der Waals surface area contributed by atoms with Crippen LogP contribution >= 0.6 is 0 Å². The Labute approximate surface area is 279 Å². The van der Waals surface area contributed by atoms with E-state index in [2.05, 4.69) is 39.5 Å². The van der Waals surface area contributed by atoms with E-state index in [4.69, 9.17) is 5.11 Å². The van der Waals surface area contributed by atoms with Gasteiger partial charge in [-0.25, -0.2) is 0 Å². The number of aliphatic hydroxyl groups excluding tert-OH is 1. The summed E-state index contributed by atoms with van der Waals surface area (Å²) in [5.41, 5.74) is 8.08. The second-order valence-corrected chi connectivity index (χ2v) is 12.0. The lowest BCUT2D eigenvalue weighted by Gasteiger charge is -2.27. The summed E-state index contributed by atoms with van der Waals surface area (Å²) in [4.78, 5) is 64.5. The predicted octanol–water partition coefficient (Wildman–Crippen LogP) is 3.67. The molecule has 0 fully saturated rings. The van der Waals surface area contributed by atoms with E-state index in [0.717, 1.165) is 23.2 Å². The van der Waals surface area contributed by atoms with Gasteiger partial charge in [0.2, 0.25) is 29.5 Å². The Morgan fingerprint density at radius 2 is 1.46 bits per heavy atom. The monoisotopic (exact) mass is 651 g/mol. The molecule has 3 aromatic rings. The average Bonchev–Trinajstić information content (AvgIpc) is 3.88. The van der Waals surface area contributed by atoms with Crippen LogP contribution in [0.4, 0.5) is 11.4 Å². The van der Waals surface area contributed by atoms with Crippen molar-refractivity contribution in [2.45, 2.75) is 64.6 Å². The molecule has 0 spiro atoms. The maximum absolute atomic E-state index is 13.4. The highest BCUT2D eigenvalue weighted by Crippen LogP contribution is 2.52. The number of hydrogen-bond acceptors (Lipinski definition) is 6. The van der Waals surface area contributed by atoms with Crippen molar-refractivity contribution in [3.05, 3.63) is 95.1 Å². The second-order valence-electron chi connectivity index (χ2n) is 12.0. The number of amides is 5. The number of nitrogens with zero attached hydrogens (tertiary/aromatic N) is 1. The topological polar surface area (TPSA) is 157 Å². The quantitative estimate of drug-likeness (QED) is 0.168. The summed E-state index contributed by atoms with van der Waals surface area (Å²) in [5, 5.41) is 19.7. The number of benzene rings is 3. The number of unbranched alkanes of at least 4 members (excludes halogenated alkanes) is 1. The highest BCUT2D eigenvalue weighted by atomic mass is 16.3. The van der Waals surface area contributed by atoms with Crippen molar-refractivity contribution in [3.8, 4) is 0 Å². The summed E-state index contributed by atoms with van der Waals surface area (Å²) in [5.74, 6) is -1.56. The van der Waals surface area contributed by atoms with Crippen LogP contribution in [-0.2, 0) is 37.1 Å². The molecule has 1 atom stereocenters.